The van der Waals surface area contributed by atoms with Gasteiger partial charge in [0.25, 0.3) is 0 Å². The normalized spacial score (nSPS) is 9.82. The van der Waals surface area contributed by atoms with E-state index in [0.717, 1.165) is 19.2 Å². The van der Waals surface area contributed by atoms with Crippen LogP contribution in [-0.2, 0) is 14.3 Å². The van der Waals surface area contributed by atoms with Crippen molar-refractivity contribution in [1.82, 2.24) is 0 Å². The van der Waals surface area contributed by atoms with Gasteiger partial charge in [-0.3, -0.25) is 9.59 Å². The van der Waals surface area contributed by atoms with Crippen molar-refractivity contribution >= 4 is 17.5 Å². The van der Waals surface area contributed by atoms with E-state index in [2.05, 4.69) is 4.74 Å². The summed E-state index contributed by atoms with van der Waals surface area (Å²) in [7, 11) is 0.980. The number of Topliss-reactive ketones (excluding diaryl/α,β-unsaturated/α-hetero) is 2. The first-order valence-electron chi connectivity index (χ1n) is 4.55. The number of hydrogen-bond acceptors (Lipinski definition) is 4. The Balaban J connectivity index is 2.87. The monoisotopic (exact) mass is 242 g/mol. The van der Waals surface area contributed by atoms with Crippen LogP contribution in [0.5, 0.6) is 0 Å². The number of methoxy groups -OCH3 is 1. The van der Waals surface area contributed by atoms with Crippen molar-refractivity contribution in [2.75, 3.05) is 7.11 Å². The minimum atomic E-state index is -1.20. The molecule has 0 unspecified atom stereocenters. The summed E-state index contributed by atoms with van der Waals surface area (Å²) < 4.78 is 30.0. The largest absolute Gasteiger partial charge is 0.463 e. The smallest absolute Gasteiger partial charge is 0.374 e. The molecule has 0 aliphatic carbocycles. The summed E-state index contributed by atoms with van der Waals surface area (Å²) >= 11 is 0. The van der Waals surface area contributed by atoms with Gasteiger partial charge in [-0.15, -0.1) is 0 Å². The molecule has 1 rings (SSSR count). The van der Waals surface area contributed by atoms with Crippen LogP contribution in [-0.4, -0.2) is 24.6 Å². The molecule has 0 aliphatic heterocycles. The lowest BCUT2D eigenvalue weighted by atomic mass is 10.1. The fraction of sp³-hybridized carbons (Fsp3) is 0.182. The van der Waals surface area contributed by atoms with E-state index in [1.807, 2.05) is 0 Å². The van der Waals surface area contributed by atoms with Crippen molar-refractivity contribution in [3.63, 3.8) is 0 Å². The van der Waals surface area contributed by atoms with Gasteiger partial charge in [-0.2, -0.15) is 0 Å². The molecule has 0 amide bonds. The maximum atomic E-state index is 13.1. The average Bonchev–Trinajstić information content (AvgIpc) is 2.30. The third-order valence-corrected chi connectivity index (χ3v) is 1.96. The van der Waals surface area contributed by atoms with E-state index < -0.39 is 41.2 Å². The quantitative estimate of drug-likeness (QED) is 0.345. The highest BCUT2D eigenvalue weighted by atomic mass is 19.1. The predicted molar refractivity (Wildman–Crippen MR) is 52.3 cm³/mol. The van der Waals surface area contributed by atoms with Crippen molar-refractivity contribution in [1.29, 1.82) is 0 Å². The molecule has 4 nitrogen and oxygen atoms in total. The number of benzene rings is 1. The van der Waals surface area contributed by atoms with Crippen LogP contribution in [0.25, 0.3) is 0 Å². The Morgan fingerprint density at radius 3 is 2.47 bits per heavy atom. The van der Waals surface area contributed by atoms with Crippen molar-refractivity contribution in [3.05, 3.63) is 35.4 Å². The van der Waals surface area contributed by atoms with Gasteiger partial charge in [-0.25, -0.2) is 13.6 Å². The number of ketones is 2. The van der Waals surface area contributed by atoms with Gasteiger partial charge in [-0.1, -0.05) is 0 Å². The van der Waals surface area contributed by atoms with Crippen LogP contribution in [0.15, 0.2) is 18.2 Å². The lowest BCUT2D eigenvalue weighted by molar-refractivity contribution is -0.151. The van der Waals surface area contributed by atoms with Crippen LogP contribution in [0.2, 0.25) is 0 Å². The highest BCUT2D eigenvalue weighted by molar-refractivity contribution is 6.38. The van der Waals surface area contributed by atoms with Crippen LogP contribution >= 0.6 is 0 Å². The zero-order valence-corrected chi connectivity index (χ0v) is 8.83. The SMILES string of the molecule is COC(=O)C(=O)CC(=O)c1cc(F)ccc1F. The fourth-order valence-corrected chi connectivity index (χ4v) is 1.14. The molecule has 0 spiro atoms. The number of esters is 1. The van der Waals surface area contributed by atoms with E-state index in [9.17, 15) is 23.2 Å². The molecular formula is C11H8F2O4. The van der Waals surface area contributed by atoms with Gasteiger partial charge in [0, 0.05) is 0 Å². The molecule has 0 saturated heterocycles. The number of carbonyl (C=O) groups excluding carboxylic acids is 3. The molecule has 6 heteroatoms. The molecule has 0 bridgehead atoms. The molecule has 1 aromatic carbocycles. The Bertz CT molecular complexity index is 482. The van der Waals surface area contributed by atoms with Crippen LogP contribution < -0.4 is 0 Å². The number of hydrogen-bond donors (Lipinski definition) is 0. The van der Waals surface area contributed by atoms with E-state index >= 15 is 0 Å². The molecule has 0 saturated carbocycles. The van der Waals surface area contributed by atoms with Gasteiger partial charge in [0.15, 0.2) is 5.78 Å². The van der Waals surface area contributed by atoms with Crippen LogP contribution in [0.1, 0.15) is 16.8 Å². The zero-order chi connectivity index (χ0) is 13.0. The lowest BCUT2D eigenvalue weighted by Gasteiger charge is -2.01. The third kappa shape index (κ3) is 3.17. The van der Waals surface area contributed by atoms with Crippen LogP contribution in [0.3, 0.4) is 0 Å². The first kappa shape index (κ1) is 13.0. The zero-order valence-electron chi connectivity index (χ0n) is 8.83. The molecule has 0 atom stereocenters. The number of rotatable bonds is 4. The fourth-order valence-electron chi connectivity index (χ4n) is 1.14. The molecule has 0 aliphatic rings. The molecular weight excluding hydrogens is 234 g/mol. The van der Waals surface area contributed by atoms with Crippen molar-refractivity contribution in [3.8, 4) is 0 Å². The van der Waals surface area contributed by atoms with E-state index in [4.69, 9.17) is 0 Å². The van der Waals surface area contributed by atoms with E-state index in [1.54, 1.807) is 0 Å². The second-order valence-electron chi connectivity index (χ2n) is 3.14. The van der Waals surface area contributed by atoms with Crippen molar-refractivity contribution in [2.45, 2.75) is 6.42 Å². The number of carbonyl (C=O) groups is 3. The van der Waals surface area contributed by atoms with Crippen molar-refractivity contribution < 1.29 is 27.9 Å². The topological polar surface area (TPSA) is 60.4 Å². The minimum absolute atomic E-state index is 0.567. The summed E-state index contributed by atoms with van der Waals surface area (Å²) in [5, 5.41) is 0. The summed E-state index contributed by atoms with van der Waals surface area (Å²) in [6, 6.07) is 2.28. The van der Waals surface area contributed by atoms with Gasteiger partial charge in [-0.05, 0) is 18.2 Å². The Morgan fingerprint density at radius 1 is 1.24 bits per heavy atom. The van der Waals surface area contributed by atoms with Gasteiger partial charge >= 0.3 is 5.97 Å². The number of halogens is 2. The third-order valence-electron chi connectivity index (χ3n) is 1.96. The van der Waals surface area contributed by atoms with Crippen molar-refractivity contribution in [2.24, 2.45) is 0 Å². The predicted octanol–water partition coefficient (Wildman–Crippen LogP) is 1.28. The Morgan fingerprint density at radius 2 is 1.88 bits per heavy atom. The highest BCUT2D eigenvalue weighted by Gasteiger charge is 2.21. The van der Waals surface area contributed by atoms with E-state index in [1.165, 1.54) is 0 Å². The summed E-state index contributed by atoms with van der Waals surface area (Å²) in [5.41, 5.74) is -0.567. The molecule has 90 valence electrons. The first-order valence-corrected chi connectivity index (χ1v) is 4.55. The minimum Gasteiger partial charge on any atom is -0.463 e. The molecule has 0 radical (unpaired) electrons. The first-order chi connectivity index (χ1) is 7.95. The Labute approximate surface area is 95.2 Å². The van der Waals surface area contributed by atoms with Gasteiger partial charge in [0.1, 0.15) is 11.6 Å². The molecule has 0 aromatic heterocycles. The van der Waals surface area contributed by atoms with E-state index in [0.29, 0.717) is 6.07 Å². The van der Waals surface area contributed by atoms with Crippen LogP contribution in [0.4, 0.5) is 8.78 Å². The summed E-state index contributed by atoms with van der Waals surface area (Å²) in [5.74, 6) is -5.04. The molecule has 0 fully saturated rings. The van der Waals surface area contributed by atoms with Gasteiger partial charge in [0.05, 0.1) is 19.1 Å². The van der Waals surface area contributed by atoms with Gasteiger partial charge < -0.3 is 4.74 Å². The number of ether oxygens (including phenoxy) is 1. The highest BCUT2D eigenvalue weighted by Crippen LogP contribution is 2.12. The molecule has 17 heavy (non-hydrogen) atoms. The Hall–Kier alpha value is -2.11. The lowest BCUT2D eigenvalue weighted by Crippen LogP contribution is -2.19. The second kappa shape index (κ2) is 5.29. The Kier molecular flexibility index (Phi) is 4.03. The maximum Gasteiger partial charge on any atom is 0.374 e. The van der Waals surface area contributed by atoms with Gasteiger partial charge in [0.2, 0.25) is 5.78 Å². The van der Waals surface area contributed by atoms with Crippen LogP contribution in [0, 0.1) is 11.6 Å². The molecule has 0 N–H and O–H groups in total. The van der Waals surface area contributed by atoms with E-state index in [-0.39, 0.29) is 0 Å². The standard InChI is InChI=1S/C11H8F2O4/c1-17-11(16)10(15)5-9(14)7-4-6(12)2-3-8(7)13/h2-4H,5H2,1H3. The summed E-state index contributed by atoms with van der Waals surface area (Å²) in [6.07, 6.45) is -0.854. The maximum absolute atomic E-state index is 13.1. The molecule has 1 aromatic rings. The summed E-state index contributed by atoms with van der Waals surface area (Å²) in [4.78, 5) is 33.2. The molecule has 0 heterocycles. The average molecular weight is 242 g/mol. The summed E-state index contributed by atoms with van der Waals surface area (Å²) in [6.45, 7) is 0. The second-order valence-corrected chi connectivity index (χ2v) is 3.14.